The van der Waals surface area contributed by atoms with E-state index < -0.39 is 16.1 Å². The molecule has 0 spiro atoms. The molecule has 1 atom stereocenters. The molecule has 2 aromatic heterocycles. The largest absolute Gasteiger partial charge is 0.474 e. The number of sulfonamides is 1. The molecule has 1 unspecified atom stereocenters. The first-order valence-corrected chi connectivity index (χ1v) is 11.9. The van der Waals surface area contributed by atoms with Crippen molar-refractivity contribution in [1.82, 2.24) is 19.3 Å². The van der Waals surface area contributed by atoms with Crippen LogP contribution in [0.15, 0.2) is 42.9 Å². The number of aromatic nitrogens is 2. The number of hydroxylamine groups is 2. The van der Waals surface area contributed by atoms with Crippen molar-refractivity contribution in [2.24, 2.45) is 0 Å². The van der Waals surface area contributed by atoms with Crippen LogP contribution in [0.4, 0.5) is 0 Å². The third kappa shape index (κ3) is 6.71. The fourth-order valence-corrected chi connectivity index (χ4v) is 5.31. The van der Waals surface area contributed by atoms with Gasteiger partial charge in [-0.05, 0) is 49.8 Å². The van der Waals surface area contributed by atoms with E-state index in [4.69, 9.17) is 4.74 Å². The molecule has 1 saturated heterocycles. The van der Waals surface area contributed by atoms with Crippen molar-refractivity contribution >= 4 is 16.4 Å². The summed E-state index contributed by atoms with van der Waals surface area (Å²) in [5.74, 6) is 0.192. The second kappa shape index (κ2) is 10.7. The smallest absolute Gasteiger partial charge is 0.233 e. The van der Waals surface area contributed by atoms with Crippen molar-refractivity contribution < 1.29 is 23.2 Å². The van der Waals surface area contributed by atoms with Crippen LogP contribution in [-0.4, -0.2) is 70.4 Å². The van der Waals surface area contributed by atoms with Crippen molar-refractivity contribution in [2.75, 3.05) is 18.8 Å². The molecule has 9 nitrogen and oxygen atoms in total. The van der Waals surface area contributed by atoms with Crippen molar-refractivity contribution in [3.8, 4) is 5.88 Å². The van der Waals surface area contributed by atoms with E-state index in [-0.39, 0.29) is 18.3 Å². The minimum Gasteiger partial charge on any atom is -0.474 e. The lowest BCUT2D eigenvalue weighted by Gasteiger charge is -2.32. The first-order chi connectivity index (χ1) is 14.9. The summed E-state index contributed by atoms with van der Waals surface area (Å²) in [6.07, 6.45) is 7.10. The van der Waals surface area contributed by atoms with Crippen LogP contribution in [0.5, 0.6) is 5.88 Å². The number of carbonyl (C=O) groups excluding carboxylic acids is 1. The number of hydrogen-bond acceptors (Lipinski definition) is 7. The number of rotatable bonds is 10. The highest BCUT2D eigenvalue weighted by Crippen LogP contribution is 2.21. The van der Waals surface area contributed by atoms with Crippen LogP contribution in [0, 0.1) is 6.92 Å². The molecule has 1 fully saturated rings. The van der Waals surface area contributed by atoms with Crippen molar-refractivity contribution in [2.45, 2.75) is 44.8 Å². The van der Waals surface area contributed by atoms with Crippen LogP contribution >= 0.6 is 0 Å². The van der Waals surface area contributed by atoms with E-state index in [1.54, 1.807) is 30.7 Å². The normalized spacial score (nSPS) is 16.6. The summed E-state index contributed by atoms with van der Waals surface area (Å²) in [7, 11) is -3.66. The fourth-order valence-electron chi connectivity index (χ4n) is 3.53. The maximum atomic E-state index is 12.9. The van der Waals surface area contributed by atoms with Gasteiger partial charge in [0.05, 0.1) is 11.8 Å². The van der Waals surface area contributed by atoms with Crippen LogP contribution in [0.2, 0.25) is 0 Å². The Morgan fingerprint density at radius 2 is 2.06 bits per heavy atom. The van der Waals surface area contributed by atoms with Crippen LogP contribution in [0.25, 0.3) is 0 Å². The topological polar surface area (TPSA) is 113 Å². The highest BCUT2D eigenvalue weighted by molar-refractivity contribution is 7.89. The van der Waals surface area contributed by atoms with Crippen molar-refractivity contribution in [1.29, 1.82) is 0 Å². The van der Waals surface area contributed by atoms with Crippen molar-refractivity contribution in [3.05, 3.63) is 54.0 Å². The summed E-state index contributed by atoms with van der Waals surface area (Å²) in [6, 6.07) is 6.54. The number of aryl methyl sites for hydroxylation is 2. The first kappa shape index (κ1) is 23.1. The van der Waals surface area contributed by atoms with E-state index in [9.17, 15) is 18.4 Å². The molecule has 0 bridgehead atoms. The van der Waals surface area contributed by atoms with Gasteiger partial charge in [0.2, 0.25) is 22.3 Å². The molecule has 1 aliphatic rings. The SMILES string of the molecule is Cc1ccc(OC2CCN(S(=O)(=O)CC(CCc3cccnc3)N(O)C=O)CC2)nc1. The molecule has 1 aliphatic heterocycles. The molecule has 2 aromatic rings. The van der Waals surface area contributed by atoms with Crippen LogP contribution < -0.4 is 4.74 Å². The van der Waals surface area contributed by atoms with E-state index in [1.165, 1.54) is 4.31 Å². The Morgan fingerprint density at radius 1 is 1.29 bits per heavy atom. The van der Waals surface area contributed by atoms with E-state index in [0.717, 1.165) is 11.1 Å². The molecule has 0 radical (unpaired) electrons. The molecule has 0 aliphatic carbocycles. The maximum absolute atomic E-state index is 12.9. The quantitative estimate of drug-likeness (QED) is 0.335. The highest BCUT2D eigenvalue weighted by Gasteiger charge is 2.32. The third-order valence-electron chi connectivity index (χ3n) is 5.34. The number of pyridine rings is 2. The molecular weight excluding hydrogens is 420 g/mol. The Balaban J connectivity index is 1.55. The molecule has 31 heavy (non-hydrogen) atoms. The minimum absolute atomic E-state index is 0.104. The number of nitrogens with zero attached hydrogens (tertiary/aromatic N) is 4. The van der Waals surface area contributed by atoms with Gasteiger partial charge in [0.15, 0.2) is 0 Å². The monoisotopic (exact) mass is 448 g/mol. The average molecular weight is 449 g/mol. The van der Waals surface area contributed by atoms with Gasteiger partial charge in [-0.1, -0.05) is 12.1 Å². The summed E-state index contributed by atoms with van der Waals surface area (Å²) in [5.41, 5.74) is 1.95. The van der Waals surface area contributed by atoms with Gasteiger partial charge in [-0.25, -0.2) is 22.8 Å². The van der Waals surface area contributed by atoms with E-state index in [2.05, 4.69) is 9.97 Å². The molecule has 0 aromatic carbocycles. The molecule has 0 saturated carbocycles. The minimum atomic E-state index is -3.66. The second-order valence-electron chi connectivity index (χ2n) is 7.71. The van der Waals surface area contributed by atoms with E-state index in [1.807, 2.05) is 19.1 Å². The predicted octanol–water partition coefficient (Wildman–Crippen LogP) is 1.81. The molecule has 10 heteroatoms. The maximum Gasteiger partial charge on any atom is 0.233 e. The average Bonchev–Trinajstić information content (AvgIpc) is 2.78. The van der Waals surface area contributed by atoms with Gasteiger partial charge in [-0.3, -0.25) is 15.0 Å². The Bertz CT molecular complexity index is 932. The number of amides is 1. The summed E-state index contributed by atoms with van der Waals surface area (Å²) in [6.45, 7) is 2.59. The lowest BCUT2D eigenvalue weighted by molar-refractivity contribution is -0.158. The van der Waals surface area contributed by atoms with Crippen LogP contribution in [0.3, 0.4) is 0 Å². The Hall–Kier alpha value is -2.56. The van der Waals surface area contributed by atoms with Gasteiger partial charge in [-0.2, -0.15) is 0 Å². The van der Waals surface area contributed by atoms with Crippen LogP contribution in [-0.2, 0) is 21.2 Å². The summed E-state index contributed by atoms with van der Waals surface area (Å²) < 4.78 is 33.1. The fraction of sp³-hybridized carbons (Fsp3) is 0.476. The second-order valence-corrected chi connectivity index (χ2v) is 9.72. The molecular formula is C21H28N4O5S. The Labute approximate surface area is 182 Å². The summed E-state index contributed by atoms with van der Waals surface area (Å²) in [5, 5.41) is 10.4. The van der Waals surface area contributed by atoms with Gasteiger partial charge in [-0.15, -0.1) is 0 Å². The van der Waals surface area contributed by atoms with Gasteiger partial charge >= 0.3 is 0 Å². The Kier molecular flexibility index (Phi) is 7.94. The lowest BCUT2D eigenvalue weighted by Crippen LogP contribution is -2.47. The third-order valence-corrected chi connectivity index (χ3v) is 7.30. The highest BCUT2D eigenvalue weighted by atomic mass is 32.2. The van der Waals surface area contributed by atoms with E-state index >= 15 is 0 Å². The zero-order chi connectivity index (χ0) is 22.3. The van der Waals surface area contributed by atoms with E-state index in [0.29, 0.717) is 49.7 Å². The number of ether oxygens (including phenoxy) is 1. The van der Waals surface area contributed by atoms with Gasteiger partial charge in [0.1, 0.15) is 6.10 Å². The first-order valence-electron chi connectivity index (χ1n) is 10.3. The standard InChI is InChI=1S/C21H28N4O5S/c1-17-4-7-21(23-13-17)30-20-8-11-24(12-9-20)31(28,29)15-19(25(27)16-26)6-5-18-3-2-10-22-14-18/h2-4,7,10,13-14,16,19-20,27H,5-6,8-9,11-12,15H2,1H3. The van der Waals surface area contributed by atoms with Crippen LogP contribution in [0.1, 0.15) is 30.4 Å². The zero-order valence-electron chi connectivity index (χ0n) is 17.5. The number of hydrogen-bond donors (Lipinski definition) is 1. The predicted molar refractivity (Wildman–Crippen MR) is 114 cm³/mol. The van der Waals surface area contributed by atoms with Crippen molar-refractivity contribution in [3.63, 3.8) is 0 Å². The molecule has 1 N–H and O–H groups in total. The Morgan fingerprint density at radius 3 is 2.68 bits per heavy atom. The molecule has 3 rings (SSSR count). The lowest BCUT2D eigenvalue weighted by atomic mass is 10.1. The van der Waals surface area contributed by atoms with Gasteiger partial charge in [0, 0.05) is 37.7 Å². The molecule has 168 valence electrons. The summed E-state index contributed by atoms with van der Waals surface area (Å²) in [4.78, 5) is 19.3. The number of carbonyl (C=O) groups is 1. The van der Waals surface area contributed by atoms with Gasteiger partial charge in [0.25, 0.3) is 0 Å². The molecule has 1 amide bonds. The molecule has 3 heterocycles. The zero-order valence-corrected chi connectivity index (χ0v) is 18.3. The number of piperidine rings is 1. The van der Waals surface area contributed by atoms with Gasteiger partial charge < -0.3 is 4.74 Å². The summed E-state index contributed by atoms with van der Waals surface area (Å²) >= 11 is 0.